The third-order valence-electron chi connectivity index (χ3n) is 2.84. The third-order valence-corrected chi connectivity index (χ3v) is 4.34. The maximum atomic E-state index is 11.9. The lowest BCUT2D eigenvalue weighted by Gasteiger charge is -2.06. The van der Waals surface area contributed by atoms with E-state index in [9.17, 15) is 14.9 Å². The van der Waals surface area contributed by atoms with E-state index in [0.717, 1.165) is 5.56 Å². The molecule has 0 aromatic heterocycles. The van der Waals surface area contributed by atoms with Gasteiger partial charge in [0.25, 0.3) is 5.69 Å². The lowest BCUT2D eigenvalue weighted by molar-refractivity contribution is -0.383. The number of nitro benzene ring substituents is 1. The SMILES string of the molecule is O=C(CSCc1ccc(Cl)cc1)Nc1cc(Cl)ccc1[N+](=O)[O-]. The monoisotopic (exact) mass is 370 g/mol. The van der Waals surface area contributed by atoms with Crippen LogP contribution in [-0.4, -0.2) is 16.6 Å². The Bertz CT molecular complexity index is 723. The van der Waals surface area contributed by atoms with Crippen molar-refractivity contribution in [2.75, 3.05) is 11.1 Å². The molecule has 8 heteroatoms. The molecule has 0 atom stereocenters. The first-order valence-electron chi connectivity index (χ1n) is 6.51. The zero-order valence-corrected chi connectivity index (χ0v) is 14.1. The molecule has 0 bridgehead atoms. The molecule has 0 aliphatic rings. The smallest absolute Gasteiger partial charge is 0.292 e. The standard InChI is InChI=1S/C15H12Cl2N2O3S/c16-11-3-1-10(2-4-11)8-23-9-15(20)18-13-7-12(17)5-6-14(13)19(21)22/h1-7H,8-9H2,(H,18,20). The minimum atomic E-state index is -0.563. The van der Waals surface area contributed by atoms with Crippen molar-refractivity contribution < 1.29 is 9.72 Å². The van der Waals surface area contributed by atoms with Crippen molar-refractivity contribution in [2.45, 2.75) is 5.75 Å². The van der Waals surface area contributed by atoms with E-state index in [0.29, 0.717) is 15.8 Å². The lowest BCUT2D eigenvalue weighted by Crippen LogP contribution is -2.15. The van der Waals surface area contributed by atoms with Crippen LogP contribution < -0.4 is 5.32 Å². The van der Waals surface area contributed by atoms with Gasteiger partial charge in [0.05, 0.1) is 10.7 Å². The average Bonchev–Trinajstić information content (AvgIpc) is 2.49. The topological polar surface area (TPSA) is 72.2 Å². The van der Waals surface area contributed by atoms with Crippen LogP contribution in [0.15, 0.2) is 42.5 Å². The summed E-state index contributed by atoms with van der Waals surface area (Å²) >= 11 is 13.0. The van der Waals surface area contributed by atoms with E-state index >= 15 is 0 Å². The first-order valence-corrected chi connectivity index (χ1v) is 8.43. The number of thioether (sulfide) groups is 1. The number of benzene rings is 2. The lowest BCUT2D eigenvalue weighted by atomic mass is 10.2. The molecule has 0 saturated carbocycles. The highest BCUT2D eigenvalue weighted by Gasteiger charge is 2.16. The van der Waals surface area contributed by atoms with Crippen molar-refractivity contribution in [3.63, 3.8) is 0 Å². The van der Waals surface area contributed by atoms with Crippen LogP contribution in [0, 0.1) is 10.1 Å². The number of anilines is 1. The predicted octanol–water partition coefficient (Wildman–Crippen LogP) is 4.77. The summed E-state index contributed by atoms with van der Waals surface area (Å²) < 4.78 is 0. The summed E-state index contributed by atoms with van der Waals surface area (Å²) in [5, 5.41) is 14.4. The molecule has 0 unspecified atom stereocenters. The molecule has 23 heavy (non-hydrogen) atoms. The van der Waals surface area contributed by atoms with Crippen LogP contribution in [0.1, 0.15) is 5.56 Å². The Kier molecular flexibility index (Phi) is 6.27. The average molecular weight is 371 g/mol. The van der Waals surface area contributed by atoms with E-state index in [4.69, 9.17) is 23.2 Å². The molecule has 5 nitrogen and oxygen atoms in total. The molecule has 2 aromatic rings. The summed E-state index contributed by atoms with van der Waals surface area (Å²) in [6, 6.07) is 11.4. The zero-order valence-electron chi connectivity index (χ0n) is 11.8. The summed E-state index contributed by atoms with van der Waals surface area (Å²) in [5.74, 6) is 0.489. The van der Waals surface area contributed by atoms with Gasteiger partial charge in [-0.25, -0.2) is 0 Å². The molecule has 0 radical (unpaired) electrons. The van der Waals surface area contributed by atoms with Gasteiger partial charge >= 0.3 is 0 Å². The number of hydrogen-bond donors (Lipinski definition) is 1. The Morgan fingerprint density at radius 2 is 1.78 bits per heavy atom. The van der Waals surface area contributed by atoms with Gasteiger partial charge in [-0.05, 0) is 29.8 Å². The molecule has 0 spiro atoms. The summed E-state index contributed by atoms with van der Waals surface area (Å²) in [6.45, 7) is 0. The molecule has 2 aromatic carbocycles. The molecule has 0 aliphatic heterocycles. The molecule has 0 aliphatic carbocycles. The molecule has 120 valence electrons. The second-order valence-electron chi connectivity index (χ2n) is 4.59. The summed E-state index contributed by atoms with van der Waals surface area (Å²) in [6.07, 6.45) is 0. The fraction of sp³-hybridized carbons (Fsp3) is 0.133. The van der Waals surface area contributed by atoms with Crippen LogP contribution in [0.4, 0.5) is 11.4 Å². The third kappa shape index (κ3) is 5.42. The number of hydrogen-bond acceptors (Lipinski definition) is 4. The highest BCUT2D eigenvalue weighted by molar-refractivity contribution is 7.99. The quantitative estimate of drug-likeness (QED) is 0.586. The van der Waals surface area contributed by atoms with Crippen molar-refractivity contribution >= 4 is 52.2 Å². The molecule has 1 amide bonds. The van der Waals surface area contributed by atoms with Crippen LogP contribution in [0.5, 0.6) is 0 Å². The molecule has 0 heterocycles. The molecular weight excluding hydrogens is 359 g/mol. The Hall–Kier alpha value is -1.76. The highest BCUT2D eigenvalue weighted by atomic mass is 35.5. The second kappa shape index (κ2) is 8.19. The van der Waals surface area contributed by atoms with Gasteiger partial charge in [0.15, 0.2) is 0 Å². The van der Waals surface area contributed by atoms with Crippen molar-refractivity contribution in [1.82, 2.24) is 0 Å². The summed E-state index contributed by atoms with van der Waals surface area (Å²) in [5.41, 5.74) is 0.950. The fourth-order valence-corrected chi connectivity index (χ4v) is 2.88. The van der Waals surface area contributed by atoms with E-state index < -0.39 is 4.92 Å². The Morgan fingerprint density at radius 1 is 1.13 bits per heavy atom. The van der Waals surface area contributed by atoms with Gasteiger partial charge in [-0.15, -0.1) is 11.8 Å². The van der Waals surface area contributed by atoms with Crippen molar-refractivity contribution in [1.29, 1.82) is 0 Å². The van der Waals surface area contributed by atoms with Gasteiger partial charge in [-0.3, -0.25) is 14.9 Å². The van der Waals surface area contributed by atoms with Crippen LogP contribution in [-0.2, 0) is 10.5 Å². The predicted molar refractivity (Wildman–Crippen MR) is 94.4 cm³/mol. The Morgan fingerprint density at radius 3 is 2.43 bits per heavy atom. The van der Waals surface area contributed by atoms with Crippen LogP contribution >= 0.6 is 35.0 Å². The Labute approximate surface area is 147 Å². The normalized spacial score (nSPS) is 10.3. The van der Waals surface area contributed by atoms with Gasteiger partial charge in [-0.2, -0.15) is 0 Å². The molecule has 2 rings (SSSR count). The summed E-state index contributed by atoms with van der Waals surface area (Å²) in [4.78, 5) is 22.3. The van der Waals surface area contributed by atoms with Crippen molar-refractivity contribution in [2.24, 2.45) is 0 Å². The largest absolute Gasteiger partial charge is 0.320 e. The number of carbonyl (C=O) groups is 1. The number of amides is 1. The maximum absolute atomic E-state index is 11.9. The van der Waals surface area contributed by atoms with Gasteiger partial charge in [0, 0.05) is 21.9 Å². The second-order valence-corrected chi connectivity index (χ2v) is 6.44. The van der Waals surface area contributed by atoms with E-state index in [1.165, 1.54) is 30.0 Å². The molecule has 0 fully saturated rings. The minimum absolute atomic E-state index is 0.0968. The van der Waals surface area contributed by atoms with Crippen LogP contribution in [0.25, 0.3) is 0 Å². The van der Waals surface area contributed by atoms with E-state index in [2.05, 4.69) is 5.32 Å². The molecular formula is C15H12Cl2N2O3S. The first-order chi connectivity index (χ1) is 11.0. The van der Waals surface area contributed by atoms with E-state index in [1.807, 2.05) is 12.1 Å². The van der Waals surface area contributed by atoms with Gasteiger partial charge < -0.3 is 5.32 Å². The molecule has 0 saturated heterocycles. The maximum Gasteiger partial charge on any atom is 0.292 e. The number of carbonyl (C=O) groups excluding carboxylic acids is 1. The number of nitrogens with zero attached hydrogens (tertiary/aromatic N) is 1. The van der Waals surface area contributed by atoms with Crippen LogP contribution in [0.3, 0.4) is 0 Å². The summed E-state index contributed by atoms with van der Waals surface area (Å²) in [7, 11) is 0. The minimum Gasteiger partial charge on any atom is -0.320 e. The molecule has 1 N–H and O–H groups in total. The first kappa shape index (κ1) is 17.6. The van der Waals surface area contributed by atoms with Gasteiger partial charge in [0.2, 0.25) is 5.91 Å². The number of nitro groups is 1. The zero-order chi connectivity index (χ0) is 16.8. The highest BCUT2D eigenvalue weighted by Crippen LogP contribution is 2.27. The van der Waals surface area contributed by atoms with Gasteiger partial charge in [-0.1, -0.05) is 35.3 Å². The van der Waals surface area contributed by atoms with Crippen LogP contribution in [0.2, 0.25) is 10.0 Å². The number of halogens is 2. The van der Waals surface area contributed by atoms with E-state index in [-0.39, 0.29) is 23.0 Å². The van der Waals surface area contributed by atoms with Crippen molar-refractivity contribution in [3.8, 4) is 0 Å². The number of nitrogens with one attached hydrogen (secondary N) is 1. The van der Waals surface area contributed by atoms with Gasteiger partial charge in [0.1, 0.15) is 5.69 Å². The fourth-order valence-electron chi connectivity index (χ4n) is 1.80. The van der Waals surface area contributed by atoms with E-state index in [1.54, 1.807) is 12.1 Å². The number of rotatable bonds is 6. The Balaban J connectivity index is 1.91. The van der Waals surface area contributed by atoms with Crippen molar-refractivity contribution in [3.05, 3.63) is 68.2 Å².